The molecule has 1 heterocycles. The molecule has 0 saturated carbocycles. The van der Waals surface area contributed by atoms with Crippen LogP contribution in [0.5, 0.6) is 0 Å². The predicted molar refractivity (Wildman–Crippen MR) is 84.1 cm³/mol. The third-order valence-corrected chi connectivity index (χ3v) is 3.77. The highest BCUT2D eigenvalue weighted by atomic mass is 19.4. The number of hydrogen-bond donors (Lipinski definition) is 1. The summed E-state index contributed by atoms with van der Waals surface area (Å²) in [5.74, 6) is -0.635. The lowest BCUT2D eigenvalue weighted by molar-refractivity contribution is -0.137. The van der Waals surface area contributed by atoms with Gasteiger partial charge in [-0.15, -0.1) is 0 Å². The van der Waals surface area contributed by atoms with E-state index in [9.17, 15) is 22.4 Å². The molecule has 2 aromatic rings. The number of nitrogens with zero attached hydrogens (tertiary/aromatic N) is 2. The van der Waals surface area contributed by atoms with E-state index in [2.05, 4.69) is 10.5 Å². The summed E-state index contributed by atoms with van der Waals surface area (Å²) in [6.07, 6.45) is -4.60. The van der Waals surface area contributed by atoms with Crippen LogP contribution in [-0.2, 0) is 11.0 Å². The third-order valence-electron chi connectivity index (χ3n) is 3.77. The van der Waals surface area contributed by atoms with E-state index in [1.165, 1.54) is 29.2 Å². The molecule has 25 heavy (non-hydrogen) atoms. The molecule has 4 nitrogen and oxygen atoms in total. The van der Waals surface area contributed by atoms with Gasteiger partial charge < -0.3 is 4.90 Å². The molecule has 1 amide bonds. The summed E-state index contributed by atoms with van der Waals surface area (Å²) in [6, 6.07) is 8.59. The Morgan fingerprint density at radius 2 is 1.72 bits per heavy atom. The molecule has 0 spiro atoms. The summed E-state index contributed by atoms with van der Waals surface area (Å²) in [4.78, 5) is 12.7. The monoisotopic (exact) mass is 351 g/mol. The van der Waals surface area contributed by atoms with E-state index in [0.717, 1.165) is 18.2 Å². The Kier molecular flexibility index (Phi) is 4.20. The van der Waals surface area contributed by atoms with Gasteiger partial charge in [-0.25, -0.2) is 9.82 Å². The zero-order chi connectivity index (χ0) is 18.2. The summed E-state index contributed by atoms with van der Waals surface area (Å²) < 4.78 is 53.6. The fraction of sp³-hybridized carbons (Fsp3) is 0.176. The van der Waals surface area contributed by atoms with E-state index in [-0.39, 0.29) is 35.0 Å². The molecule has 0 atom stereocenters. The molecule has 0 saturated heterocycles. The normalized spacial score (nSPS) is 15.0. The van der Waals surface area contributed by atoms with E-state index in [1.54, 1.807) is 7.05 Å². The largest absolute Gasteiger partial charge is 0.417 e. The van der Waals surface area contributed by atoms with Crippen molar-refractivity contribution in [1.29, 1.82) is 0 Å². The average Bonchev–Trinajstić information content (AvgIpc) is 2.54. The number of benzene rings is 2. The van der Waals surface area contributed by atoms with Crippen molar-refractivity contribution in [2.24, 2.45) is 5.10 Å². The van der Waals surface area contributed by atoms with Crippen LogP contribution in [0.15, 0.2) is 47.6 Å². The van der Waals surface area contributed by atoms with Crippen molar-refractivity contribution in [1.82, 2.24) is 10.3 Å². The number of amides is 1. The van der Waals surface area contributed by atoms with Gasteiger partial charge in [0.05, 0.1) is 12.1 Å². The summed E-state index contributed by atoms with van der Waals surface area (Å²) >= 11 is 0. The number of nitrogens with one attached hydrogen (secondary N) is 1. The topological polar surface area (TPSA) is 44.7 Å². The maximum Gasteiger partial charge on any atom is 0.417 e. The van der Waals surface area contributed by atoms with Crippen LogP contribution in [0.1, 0.15) is 11.1 Å². The quantitative estimate of drug-likeness (QED) is 0.845. The Hall–Kier alpha value is -2.90. The zero-order valence-electron chi connectivity index (χ0n) is 13.1. The Bertz CT molecular complexity index is 844. The van der Waals surface area contributed by atoms with Gasteiger partial charge in [0.25, 0.3) is 5.91 Å². The summed E-state index contributed by atoms with van der Waals surface area (Å²) in [5, 5.41) is 3.83. The van der Waals surface area contributed by atoms with Gasteiger partial charge in [0.2, 0.25) is 0 Å². The lowest BCUT2D eigenvalue weighted by Crippen LogP contribution is -2.43. The standard InChI is InChI=1S/C17H13F4N3O/c1-24-9-15(25)22-23-16(24)11-4-7-13(14(8-11)17(19,20)21)10-2-5-12(18)6-3-10/h2-8H,9H2,1H3,(H,22,25). The Morgan fingerprint density at radius 3 is 2.32 bits per heavy atom. The lowest BCUT2D eigenvalue weighted by atomic mass is 9.96. The van der Waals surface area contributed by atoms with Gasteiger partial charge >= 0.3 is 6.18 Å². The first-order valence-corrected chi connectivity index (χ1v) is 7.31. The Morgan fingerprint density at radius 1 is 1.08 bits per heavy atom. The molecule has 1 aliphatic rings. The molecular weight excluding hydrogens is 338 g/mol. The van der Waals surface area contributed by atoms with Gasteiger partial charge in [0.15, 0.2) is 5.84 Å². The summed E-state index contributed by atoms with van der Waals surface area (Å²) in [7, 11) is 1.57. The first-order chi connectivity index (χ1) is 11.8. The van der Waals surface area contributed by atoms with Crippen LogP contribution >= 0.6 is 0 Å². The van der Waals surface area contributed by atoms with Crippen molar-refractivity contribution in [2.45, 2.75) is 6.18 Å². The number of likely N-dealkylation sites (N-methyl/N-ethyl adjacent to an activating group) is 1. The van der Waals surface area contributed by atoms with Crippen molar-refractivity contribution in [3.8, 4) is 11.1 Å². The second kappa shape index (κ2) is 6.19. The number of hydrogen-bond acceptors (Lipinski definition) is 3. The molecule has 0 bridgehead atoms. The number of halogens is 4. The second-order valence-electron chi connectivity index (χ2n) is 5.59. The van der Waals surface area contributed by atoms with E-state index >= 15 is 0 Å². The van der Waals surface area contributed by atoms with Gasteiger partial charge in [-0.05, 0) is 29.3 Å². The van der Waals surface area contributed by atoms with Crippen LogP contribution in [-0.4, -0.2) is 30.2 Å². The molecule has 0 aliphatic carbocycles. The summed E-state index contributed by atoms with van der Waals surface area (Å²) in [5.41, 5.74) is 1.82. The number of amidine groups is 1. The highest BCUT2D eigenvalue weighted by Gasteiger charge is 2.34. The molecule has 2 aromatic carbocycles. The summed E-state index contributed by atoms with van der Waals surface area (Å²) in [6.45, 7) is -0.000101. The zero-order valence-corrected chi connectivity index (χ0v) is 13.1. The van der Waals surface area contributed by atoms with E-state index < -0.39 is 17.6 Å². The van der Waals surface area contributed by atoms with E-state index in [4.69, 9.17) is 0 Å². The van der Waals surface area contributed by atoms with Crippen LogP contribution in [0.25, 0.3) is 11.1 Å². The van der Waals surface area contributed by atoms with Gasteiger partial charge in [-0.1, -0.05) is 24.3 Å². The number of carbonyl (C=O) groups is 1. The maximum absolute atomic E-state index is 13.5. The van der Waals surface area contributed by atoms with Crippen molar-refractivity contribution in [3.05, 3.63) is 59.4 Å². The van der Waals surface area contributed by atoms with Crippen LogP contribution in [0.4, 0.5) is 17.6 Å². The molecular formula is C17H13F4N3O. The Balaban J connectivity index is 2.10. The van der Waals surface area contributed by atoms with Gasteiger partial charge in [0, 0.05) is 12.6 Å². The molecule has 130 valence electrons. The first-order valence-electron chi connectivity index (χ1n) is 7.31. The second-order valence-corrected chi connectivity index (χ2v) is 5.59. The maximum atomic E-state index is 13.5. The minimum Gasteiger partial charge on any atom is -0.348 e. The Labute approximate surface area is 140 Å². The predicted octanol–water partition coefficient (Wildman–Crippen LogP) is 3.23. The van der Waals surface area contributed by atoms with Crippen molar-refractivity contribution in [2.75, 3.05) is 13.6 Å². The number of carbonyl (C=O) groups excluding carboxylic acids is 1. The van der Waals surface area contributed by atoms with E-state index in [1.807, 2.05) is 0 Å². The highest BCUT2D eigenvalue weighted by Crippen LogP contribution is 2.38. The van der Waals surface area contributed by atoms with Crippen LogP contribution in [0.2, 0.25) is 0 Å². The minimum absolute atomic E-state index is 0.000101. The fourth-order valence-corrected chi connectivity index (χ4v) is 2.61. The van der Waals surface area contributed by atoms with Gasteiger partial charge in [-0.2, -0.15) is 18.3 Å². The molecule has 0 fully saturated rings. The molecule has 0 unspecified atom stereocenters. The molecule has 8 heteroatoms. The number of rotatable bonds is 2. The number of hydrazone groups is 1. The minimum atomic E-state index is -4.60. The van der Waals surface area contributed by atoms with Gasteiger partial charge in [-0.3, -0.25) is 4.79 Å². The molecule has 3 rings (SSSR count). The fourth-order valence-electron chi connectivity index (χ4n) is 2.61. The van der Waals surface area contributed by atoms with Crippen LogP contribution in [0, 0.1) is 5.82 Å². The number of alkyl halides is 3. The van der Waals surface area contributed by atoms with Crippen molar-refractivity contribution < 1.29 is 22.4 Å². The third kappa shape index (κ3) is 3.47. The van der Waals surface area contributed by atoms with Crippen LogP contribution in [0.3, 0.4) is 0 Å². The molecule has 1 aliphatic heterocycles. The highest BCUT2D eigenvalue weighted by molar-refractivity contribution is 6.03. The molecule has 0 radical (unpaired) electrons. The van der Waals surface area contributed by atoms with Gasteiger partial charge in [0.1, 0.15) is 5.82 Å². The average molecular weight is 351 g/mol. The van der Waals surface area contributed by atoms with Crippen LogP contribution < -0.4 is 5.43 Å². The molecule has 0 aromatic heterocycles. The van der Waals surface area contributed by atoms with Crippen molar-refractivity contribution >= 4 is 11.7 Å². The molecule has 1 N–H and O–H groups in total. The van der Waals surface area contributed by atoms with Crippen molar-refractivity contribution in [3.63, 3.8) is 0 Å². The first kappa shape index (κ1) is 16.9. The van der Waals surface area contributed by atoms with E-state index in [0.29, 0.717) is 0 Å². The lowest BCUT2D eigenvalue weighted by Gasteiger charge is -2.25. The smallest absolute Gasteiger partial charge is 0.348 e. The SMILES string of the molecule is CN1CC(=O)NN=C1c1ccc(-c2ccc(F)cc2)c(C(F)(F)F)c1.